The molecule has 0 saturated heterocycles. The lowest BCUT2D eigenvalue weighted by Crippen LogP contribution is -2.11. The van der Waals surface area contributed by atoms with Gasteiger partial charge in [-0.2, -0.15) is 0 Å². The topological polar surface area (TPSA) is 49.3 Å². The molecule has 3 nitrogen and oxygen atoms in total. The maximum atomic E-state index is 11.5. The van der Waals surface area contributed by atoms with E-state index in [0.29, 0.717) is 11.8 Å². The number of fused-ring (bicyclic) bond motifs is 1. The zero-order chi connectivity index (χ0) is 12.3. The third kappa shape index (κ3) is 2.58. The molecular formula is C13H12BrNO2. The Balaban J connectivity index is 2.41. The highest BCUT2D eigenvalue weighted by molar-refractivity contribution is 9.09. The Hall–Kier alpha value is -1.55. The fraction of sp³-hybridized carbons (Fsp3) is 0.154. The molecule has 0 radical (unpaired) electrons. The Morgan fingerprint density at radius 1 is 1.18 bits per heavy atom. The molecule has 2 rings (SSSR count). The van der Waals surface area contributed by atoms with Crippen molar-refractivity contribution in [3.05, 3.63) is 36.4 Å². The Kier molecular flexibility index (Phi) is 3.64. The second-order valence-corrected chi connectivity index (χ2v) is 4.46. The van der Waals surface area contributed by atoms with E-state index in [1.54, 1.807) is 12.1 Å². The molecule has 2 aromatic carbocycles. The number of halogens is 1. The van der Waals surface area contributed by atoms with Crippen molar-refractivity contribution in [3.63, 3.8) is 0 Å². The molecule has 0 aliphatic carbocycles. The van der Waals surface area contributed by atoms with Crippen LogP contribution in [0.15, 0.2) is 36.4 Å². The highest BCUT2D eigenvalue weighted by Crippen LogP contribution is 2.29. The van der Waals surface area contributed by atoms with Crippen LogP contribution in [0.3, 0.4) is 0 Å². The van der Waals surface area contributed by atoms with Gasteiger partial charge in [0.2, 0.25) is 5.91 Å². The molecule has 0 saturated carbocycles. The van der Waals surface area contributed by atoms with E-state index in [1.165, 1.54) is 0 Å². The summed E-state index contributed by atoms with van der Waals surface area (Å²) in [6.45, 7) is 0. The summed E-state index contributed by atoms with van der Waals surface area (Å²) in [5.41, 5.74) is 0.726. The van der Waals surface area contributed by atoms with Gasteiger partial charge in [-0.15, -0.1) is 0 Å². The third-order valence-corrected chi connectivity index (χ3v) is 2.89. The molecule has 0 fully saturated rings. The predicted molar refractivity (Wildman–Crippen MR) is 72.7 cm³/mol. The van der Waals surface area contributed by atoms with Crippen molar-refractivity contribution in [2.75, 3.05) is 10.6 Å². The van der Waals surface area contributed by atoms with Gasteiger partial charge in [0.05, 0.1) is 0 Å². The van der Waals surface area contributed by atoms with Crippen LogP contribution in [-0.4, -0.2) is 16.3 Å². The summed E-state index contributed by atoms with van der Waals surface area (Å²) < 4.78 is 0. The number of anilines is 1. The minimum Gasteiger partial charge on any atom is -0.507 e. The van der Waals surface area contributed by atoms with Crippen molar-refractivity contribution < 1.29 is 9.90 Å². The van der Waals surface area contributed by atoms with E-state index in [1.807, 2.05) is 24.3 Å². The van der Waals surface area contributed by atoms with Crippen LogP contribution in [0.25, 0.3) is 10.8 Å². The molecule has 0 aromatic heterocycles. The van der Waals surface area contributed by atoms with Crippen LogP contribution in [0.5, 0.6) is 5.75 Å². The Morgan fingerprint density at radius 2 is 1.88 bits per heavy atom. The number of phenols is 1. The lowest BCUT2D eigenvalue weighted by atomic mass is 10.1. The van der Waals surface area contributed by atoms with E-state index in [0.717, 1.165) is 16.5 Å². The van der Waals surface area contributed by atoms with E-state index >= 15 is 0 Å². The number of hydrogen-bond donors (Lipinski definition) is 2. The lowest BCUT2D eigenvalue weighted by molar-refractivity contribution is -0.115. The molecule has 0 aliphatic rings. The van der Waals surface area contributed by atoms with Crippen LogP contribution in [0.4, 0.5) is 5.69 Å². The predicted octanol–water partition coefficient (Wildman–Crippen LogP) is 3.27. The first-order valence-electron chi connectivity index (χ1n) is 5.29. The van der Waals surface area contributed by atoms with Crippen LogP contribution >= 0.6 is 15.9 Å². The number of alkyl halides is 1. The van der Waals surface area contributed by atoms with E-state index in [-0.39, 0.29) is 11.7 Å². The van der Waals surface area contributed by atoms with Crippen LogP contribution in [0.2, 0.25) is 0 Å². The number of carbonyl (C=O) groups is 1. The molecule has 0 atom stereocenters. The number of phenolic OH excluding ortho intramolecular Hbond substituents is 1. The average molecular weight is 294 g/mol. The van der Waals surface area contributed by atoms with Crippen molar-refractivity contribution in [2.45, 2.75) is 6.42 Å². The summed E-state index contributed by atoms with van der Waals surface area (Å²) in [7, 11) is 0. The summed E-state index contributed by atoms with van der Waals surface area (Å²) in [6, 6.07) is 10.7. The van der Waals surface area contributed by atoms with E-state index < -0.39 is 0 Å². The monoisotopic (exact) mass is 293 g/mol. The molecular weight excluding hydrogens is 282 g/mol. The number of nitrogens with one attached hydrogen (secondary N) is 1. The fourth-order valence-electron chi connectivity index (χ4n) is 1.70. The molecule has 1 amide bonds. The highest BCUT2D eigenvalue weighted by Gasteiger charge is 2.06. The van der Waals surface area contributed by atoms with Gasteiger partial charge in [0.1, 0.15) is 5.75 Å². The van der Waals surface area contributed by atoms with Gasteiger partial charge in [-0.1, -0.05) is 40.2 Å². The SMILES string of the molecule is O=C(CCBr)Nc1cccc2c(O)cccc12. The van der Waals surface area contributed by atoms with Gasteiger partial charge in [-0.3, -0.25) is 4.79 Å². The Bertz CT molecular complexity index is 554. The van der Waals surface area contributed by atoms with Crippen LogP contribution in [0, 0.1) is 0 Å². The fourth-order valence-corrected chi connectivity index (χ4v) is 2.06. The molecule has 0 spiro atoms. The summed E-state index contributed by atoms with van der Waals surface area (Å²) in [5, 5.41) is 14.8. The second kappa shape index (κ2) is 5.19. The first kappa shape index (κ1) is 11.9. The highest BCUT2D eigenvalue weighted by atomic mass is 79.9. The number of benzene rings is 2. The molecule has 2 aromatic rings. The molecule has 0 bridgehead atoms. The molecule has 0 aliphatic heterocycles. The quantitative estimate of drug-likeness (QED) is 0.854. The van der Waals surface area contributed by atoms with Crippen molar-refractivity contribution in [1.82, 2.24) is 0 Å². The smallest absolute Gasteiger partial charge is 0.225 e. The van der Waals surface area contributed by atoms with E-state index in [9.17, 15) is 9.90 Å². The molecule has 0 heterocycles. The van der Waals surface area contributed by atoms with E-state index in [4.69, 9.17) is 0 Å². The van der Waals surface area contributed by atoms with Crippen molar-refractivity contribution >= 4 is 38.3 Å². The van der Waals surface area contributed by atoms with Gasteiger partial charge >= 0.3 is 0 Å². The van der Waals surface area contributed by atoms with Crippen molar-refractivity contribution in [1.29, 1.82) is 0 Å². The average Bonchev–Trinajstić information content (AvgIpc) is 2.31. The molecule has 2 N–H and O–H groups in total. The zero-order valence-corrected chi connectivity index (χ0v) is 10.7. The van der Waals surface area contributed by atoms with Gasteiger partial charge in [0.15, 0.2) is 0 Å². The van der Waals surface area contributed by atoms with Gasteiger partial charge in [-0.05, 0) is 12.1 Å². The number of hydrogen-bond acceptors (Lipinski definition) is 2. The maximum absolute atomic E-state index is 11.5. The van der Waals surface area contributed by atoms with Crippen LogP contribution < -0.4 is 5.32 Å². The summed E-state index contributed by atoms with van der Waals surface area (Å²) in [6.07, 6.45) is 0.426. The maximum Gasteiger partial charge on any atom is 0.225 e. The normalized spacial score (nSPS) is 10.4. The number of aromatic hydroxyl groups is 1. The van der Waals surface area contributed by atoms with Gasteiger partial charge in [-0.25, -0.2) is 0 Å². The van der Waals surface area contributed by atoms with Crippen LogP contribution in [-0.2, 0) is 4.79 Å². The third-order valence-electron chi connectivity index (χ3n) is 2.49. The van der Waals surface area contributed by atoms with Gasteiger partial charge in [0.25, 0.3) is 0 Å². The zero-order valence-electron chi connectivity index (χ0n) is 9.11. The lowest BCUT2D eigenvalue weighted by Gasteiger charge is -2.08. The Morgan fingerprint density at radius 3 is 2.65 bits per heavy atom. The minimum absolute atomic E-state index is 0.0438. The standard InChI is InChI=1S/C13H12BrNO2/c14-8-7-13(17)15-11-5-1-4-10-9(11)3-2-6-12(10)16/h1-6,16H,7-8H2,(H,15,17). The van der Waals surface area contributed by atoms with Crippen molar-refractivity contribution in [2.24, 2.45) is 0 Å². The van der Waals surface area contributed by atoms with Crippen molar-refractivity contribution in [3.8, 4) is 5.75 Å². The molecule has 4 heteroatoms. The number of rotatable bonds is 3. The Labute approximate surface area is 108 Å². The summed E-state index contributed by atoms with van der Waals surface area (Å²) >= 11 is 3.22. The number of amides is 1. The van der Waals surface area contributed by atoms with Gasteiger partial charge in [0, 0.05) is 28.2 Å². The molecule has 0 unspecified atom stereocenters. The number of carbonyl (C=O) groups excluding carboxylic acids is 1. The van der Waals surface area contributed by atoms with E-state index in [2.05, 4.69) is 21.2 Å². The molecule has 17 heavy (non-hydrogen) atoms. The summed E-state index contributed by atoms with van der Waals surface area (Å²) in [4.78, 5) is 11.5. The first-order valence-corrected chi connectivity index (χ1v) is 6.41. The van der Waals surface area contributed by atoms with Gasteiger partial charge < -0.3 is 10.4 Å². The molecule has 88 valence electrons. The summed E-state index contributed by atoms with van der Waals surface area (Å²) in [5.74, 6) is 0.178. The largest absolute Gasteiger partial charge is 0.507 e. The first-order chi connectivity index (χ1) is 8.22. The minimum atomic E-state index is -0.0438. The van der Waals surface area contributed by atoms with Crippen LogP contribution in [0.1, 0.15) is 6.42 Å². The second-order valence-electron chi connectivity index (χ2n) is 3.66.